The van der Waals surface area contributed by atoms with E-state index in [1.54, 1.807) is 6.07 Å². The van der Waals surface area contributed by atoms with Crippen LogP contribution in [0.3, 0.4) is 0 Å². The van der Waals surface area contributed by atoms with Crippen molar-refractivity contribution in [3.63, 3.8) is 0 Å². The van der Waals surface area contributed by atoms with E-state index in [1.807, 2.05) is 4.90 Å². The van der Waals surface area contributed by atoms with Crippen LogP contribution in [0, 0.1) is 5.41 Å². The van der Waals surface area contributed by atoms with Gasteiger partial charge in [0, 0.05) is 18.5 Å². The fraction of sp³-hybridized carbons (Fsp3) is 0.500. The van der Waals surface area contributed by atoms with E-state index in [0.29, 0.717) is 15.6 Å². The number of carbonyl (C=O) groups excluding carboxylic acids is 1. The third-order valence-electron chi connectivity index (χ3n) is 3.15. The van der Waals surface area contributed by atoms with E-state index in [-0.39, 0.29) is 5.91 Å². The van der Waals surface area contributed by atoms with Gasteiger partial charge in [0.1, 0.15) is 0 Å². The Kier molecular flexibility index (Phi) is 1.60. The van der Waals surface area contributed by atoms with Crippen molar-refractivity contribution in [2.75, 3.05) is 13.1 Å². The topological polar surface area (TPSA) is 33.5 Å². The number of furan rings is 1. The van der Waals surface area contributed by atoms with Crippen molar-refractivity contribution >= 4 is 21.8 Å². The molecule has 2 heterocycles. The lowest BCUT2D eigenvalue weighted by molar-refractivity contribution is 0.0441. The summed E-state index contributed by atoms with van der Waals surface area (Å²) in [5.74, 6) is 0.0863. The van der Waals surface area contributed by atoms with Crippen molar-refractivity contribution in [3.05, 3.63) is 22.6 Å². The first-order chi connectivity index (χ1) is 6.70. The van der Waals surface area contributed by atoms with Crippen LogP contribution in [0.1, 0.15) is 23.2 Å². The minimum absolute atomic E-state index is 0.0863. The van der Waals surface area contributed by atoms with Gasteiger partial charge < -0.3 is 9.32 Å². The molecule has 1 saturated carbocycles. The molecule has 1 aliphatic carbocycles. The van der Waals surface area contributed by atoms with E-state index < -0.39 is 0 Å². The van der Waals surface area contributed by atoms with Gasteiger partial charge in [-0.05, 0) is 34.8 Å². The first-order valence-corrected chi connectivity index (χ1v) is 5.52. The quantitative estimate of drug-likeness (QED) is 0.772. The highest BCUT2D eigenvalue weighted by molar-refractivity contribution is 9.10. The SMILES string of the molecule is O=C(c1ccoc1Br)N1CC2(CC2)C1. The van der Waals surface area contributed by atoms with Crippen LogP contribution in [0.4, 0.5) is 0 Å². The first kappa shape index (κ1) is 8.53. The Morgan fingerprint density at radius 1 is 1.50 bits per heavy atom. The summed E-state index contributed by atoms with van der Waals surface area (Å²) in [7, 11) is 0. The van der Waals surface area contributed by atoms with Gasteiger partial charge in [-0.2, -0.15) is 0 Å². The third-order valence-corrected chi connectivity index (χ3v) is 3.76. The normalized spacial score (nSPS) is 22.2. The summed E-state index contributed by atoms with van der Waals surface area (Å²) in [6.45, 7) is 1.87. The van der Waals surface area contributed by atoms with E-state index in [4.69, 9.17) is 4.42 Å². The summed E-state index contributed by atoms with van der Waals surface area (Å²) in [5, 5.41) is 0. The van der Waals surface area contributed by atoms with Crippen LogP contribution in [0.5, 0.6) is 0 Å². The minimum atomic E-state index is 0.0863. The molecule has 0 aromatic carbocycles. The first-order valence-electron chi connectivity index (χ1n) is 4.73. The Labute approximate surface area is 90.2 Å². The van der Waals surface area contributed by atoms with Gasteiger partial charge in [0.25, 0.3) is 5.91 Å². The van der Waals surface area contributed by atoms with Gasteiger partial charge in [-0.15, -0.1) is 0 Å². The van der Waals surface area contributed by atoms with Crippen LogP contribution in [0.25, 0.3) is 0 Å². The second-order valence-corrected chi connectivity index (χ2v) is 4.99. The molecule has 1 spiro atoms. The number of likely N-dealkylation sites (tertiary alicyclic amines) is 1. The molecule has 1 aromatic heterocycles. The molecule has 2 aliphatic rings. The van der Waals surface area contributed by atoms with Crippen molar-refractivity contribution in [3.8, 4) is 0 Å². The van der Waals surface area contributed by atoms with Gasteiger partial charge in [0.15, 0.2) is 4.67 Å². The van der Waals surface area contributed by atoms with Crippen molar-refractivity contribution in [1.29, 1.82) is 0 Å². The molecule has 14 heavy (non-hydrogen) atoms. The van der Waals surface area contributed by atoms with Crippen molar-refractivity contribution in [1.82, 2.24) is 4.90 Å². The fourth-order valence-corrected chi connectivity index (χ4v) is 2.43. The molecule has 3 rings (SSSR count). The predicted octanol–water partition coefficient (Wildman–Crippen LogP) is 2.28. The number of nitrogens with zero attached hydrogens (tertiary/aromatic N) is 1. The average molecular weight is 256 g/mol. The van der Waals surface area contributed by atoms with Gasteiger partial charge in [-0.3, -0.25) is 4.79 Å². The number of halogens is 1. The minimum Gasteiger partial charge on any atom is -0.457 e. The second-order valence-electron chi connectivity index (χ2n) is 4.27. The summed E-state index contributed by atoms with van der Waals surface area (Å²) in [4.78, 5) is 13.8. The number of hydrogen-bond acceptors (Lipinski definition) is 2. The molecule has 4 heteroatoms. The fourth-order valence-electron chi connectivity index (χ4n) is 2.02. The molecule has 0 bridgehead atoms. The van der Waals surface area contributed by atoms with Crippen LogP contribution in [-0.2, 0) is 0 Å². The van der Waals surface area contributed by atoms with Crippen molar-refractivity contribution in [2.24, 2.45) is 5.41 Å². The van der Waals surface area contributed by atoms with E-state index in [2.05, 4.69) is 15.9 Å². The lowest BCUT2D eigenvalue weighted by Crippen LogP contribution is -2.51. The van der Waals surface area contributed by atoms with Crippen molar-refractivity contribution in [2.45, 2.75) is 12.8 Å². The molecule has 1 saturated heterocycles. The zero-order valence-corrected chi connectivity index (χ0v) is 9.21. The molecular formula is C10H10BrNO2. The summed E-state index contributed by atoms with van der Waals surface area (Å²) in [6.07, 6.45) is 4.12. The van der Waals surface area contributed by atoms with Crippen LogP contribution in [-0.4, -0.2) is 23.9 Å². The highest BCUT2D eigenvalue weighted by Crippen LogP contribution is 2.53. The standard InChI is InChI=1S/C10H10BrNO2/c11-8-7(1-4-14-8)9(13)12-5-10(6-12)2-3-10/h1,4H,2-3,5-6H2. The molecule has 1 aromatic rings. The van der Waals surface area contributed by atoms with Crippen LogP contribution >= 0.6 is 15.9 Å². The number of amides is 1. The maximum Gasteiger partial charge on any atom is 0.258 e. The second kappa shape index (κ2) is 2.63. The summed E-state index contributed by atoms with van der Waals surface area (Å²) in [6, 6.07) is 1.71. The molecule has 2 fully saturated rings. The molecule has 1 amide bonds. The smallest absolute Gasteiger partial charge is 0.258 e. The Morgan fingerprint density at radius 2 is 2.21 bits per heavy atom. The lowest BCUT2D eigenvalue weighted by Gasteiger charge is -2.39. The van der Waals surface area contributed by atoms with Gasteiger partial charge in [-0.1, -0.05) is 0 Å². The Bertz CT molecular complexity index is 387. The van der Waals surface area contributed by atoms with Crippen LogP contribution in [0.15, 0.2) is 21.4 Å². The molecule has 0 radical (unpaired) electrons. The average Bonchev–Trinajstić information content (AvgIpc) is 2.80. The Balaban J connectivity index is 1.74. The van der Waals surface area contributed by atoms with Crippen molar-refractivity contribution < 1.29 is 9.21 Å². The summed E-state index contributed by atoms with van der Waals surface area (Å²) in [5.41, 5.74) is 1.16. The molecular weight excluding hydrogens is 246 g/mol. The lowest BCUT2D eigenvalue weighted by atomic mass is 9.96. The third kappa shape index (κ3) is 1.13. The van der Waals surface area contributed by atoms with E-state index in [1.165, 1.54) is 19.1 Å². The Morgan fingerprint density at radius 3 is 2.71 bits per heavy atom. The summed E-state index contributed by atoms with van der Waals surface area (Å²) >= 11 is 3.22. The molecule has 0 N–H and O–H groups in total. The van der Waals surface area contributed by atoms with Gasteiger partial charge in [0.2, 0.25) is 0 Å². The maximum absolute atomic E-state index is 11.9. The number of carbonyl (C=O) groups is 1. The molecule has 1 aliphatic heterocycles. The monoisotopic (exact) mass is 255 g/mol. The number of rotatable bonds is 1. The molecule has 3 nitrogen and oxygen atoms in total. The maximum atomic E-state index is 11.9. The van der Waals surface area contributed by atoms with E-state index >= 15 is 0 Å². The molecule has 0 unspecified atom stereocenters. The molecule has 74 valence electrons. The van der Waals surface area contributed by atoms with Crippen LogP contribution < -0.4 is 0 Å². The zero-order valence-electron chi connectivity index (χ0n) is 7.62. The van der Waals surface area contributed by atoms with Gasteiger partial charge >= 0.3 is 0 Å². The van der Waals surface area contributed by atoms with E-state index in [9.17, 15) is 4.79 Å². The zero-order chi connectivity index (χ0) is 9.76. The highest BCUT2D eigenvalue weighted by atomic mass is 79.9. The largest absolute Gasteiger partial charge is 0.457 e. The van der Waals surface area contributed by atoms with Gasteiger partial charge in [-0.25, -0.2) is 0 Å². The van der Waals surface area contributed by atoms with Gasteiger partial charge in [0.05, 0.1) is 11.8 Å². The number of hydrogen-bond donors (Lipinski definition) is 0. The molecule has 0 atom stereocenters. The Hall–Kier alpha value is -0.770. The predicted molar refractivity (Wildman–Crippen MR) is 54.0 cm³/mol. The highest BCUT2D eigenvalue weighted by Gasteiger charge is 2.53. The summed E-state index contributed by atoms with van der Waals surface area (Å²) < 4.78 is 5.58. The van der Waals surface area contributed by atoms with Crippen LogP contribution in [0.2, 0.25) is 0 Å². The van der Waals surface area contributed by atoms with E-state index in [0.717, 1.165) is 13.1 Å².